The van der Waals surface area contributed by atoms with Crippen molar-refractivity contribution in [1.82, 2.24) is 30.0 Å². The second-order valence-corrected chi connectivity index (χ2v) is 9.10. The topological polar surface area (TPSA) is 120 Å². The lowest BCUT2D eigenvalue weighted by Gasteiger charge is -2.17. The van der Waals surface area contributed by atoms with Gasteiger partial charge in [0.15, 0.2) is 28.9 Å². The lowest BCUT2D eigenvalue weighted by atomic mass is 10.1. The number of amides is 2. The van der Waals surface area contributed by atoms with Crippen LogP contribution in [0.3, 0.4) is 0 Å². The number of rotatable bonds is 10. The largest absolute Gasteiger partial charge is 0.493 e. The Kier molecular flexibility index (Phi) is 8.27. The molecule has 0 bridgehead atoms. The van der Waals surface area contributed by atoms with Gasteiger partial charge in [0.1, 0.15) is 18.2 Å². The second-order valence-electron chi connectivity index (χ2n) is 9.10. The van der Waals surface area contributed by atoms with Gasteiger partial charge in [0.05, 0.1) is 19.3 Å². The summed E-state index contributed by atoms with van der Waals surface area (Å²) < 4.78 is 18.9. The number of nitrogens with zero attached hydrogens (tertiary/aromatic N) is 5. The number of urea groups is 1. The predicted octanol–water partition coefficient (Wildman–Crippen LogP) is 4.12. The molecule has 0 atom stereocenters. The standard InChI is InChI=1S/C27H33N7O4/c1-17-14-18(2)34(32-17)24-15-23(29-26(31-24)22-11-10-19(3)38-22)30-27(35)28-12-13-37-25-20(16-33(4)5)8-7-9-21(25)36-6/h7-11,14-15H,12-13,16H2,1-6H3,(H2,28,29,30,31,35). The molecule has 0 saturated carbocycles. The average molecular weight is 520 g/mol. The fourth-order valence-corrected chi connectivity index (χ4v) is 3.96. The molecule has 0 fully saturated rings. The van der Waals surface area contributed by atoms with Gasteiger partial charge in [-0.25, -0.2) is 19.4 Å². The van der Waals surface area contributed by atoms with Gasteiger partial charge in [-0.15, -0.1) is 0 Å². The fourth-order valence-electron chi connectivity index (χ4n) is 3.96. The highest BCUT2D eigenvalue weighted by Gasteiger charge is 2.16. The lowest BCUT2D eigenvalue weighted by Crippen LogP contribution is -2.32. The molecule has 1 aromatic carbocycles. The van der Waals surface area contributed by atoms with Crippen LogP contribution in [-0.2, 0) is 6.54 Å². The smallest absolute Gasteiger partial charge is 0.320 e. The molecule has 2 N–H and O–H groups in total. The van der Waals surface area contributed by atoms with Gasteiger partial charge >= 0.3 is 6.03 Å². The summed E-state index contributed by atoms with van der Waals surface area (Å²) in [6.45, 7) is 6.91. The Hall–Kier alpha value is -4.38. The molecule has 3 heterocycles. The molecular formula is C27H33N7O4. The molecule has 0 radical (unpaired) electrons. The van der Waals surface area contributed by atoms with Crippen LogP contribution in [0.4, 0.5) is 10.6 Å². The van der Waals surface area contributed by atoms with Crippen LogP contribution in [-0.4, -0.2) is 65.0 Å². The van der Waals surface area contributed by atoms with Crippen LogP contribution in [0.25, 0.3) is 17.4 Å². The Morgan fingerprint density at radius 2 is 1.92 bits per heavy atom. The van der Waals surface area contributed by atoms with Crippen LogP contribution in [0.5, 0.6) is 11.5 Å². The van der Waals surface area contributed by atoms with Gasteiger partial charge in [0.2, 0.25) is 0 Å². The minimum Gasteiger partial charge on any atom is -0.493 e. The van der Waals surface area contributed by atoms with E-state index < -0.39 is 6.03 Å². The van der Waals surface area contributed by atoms with Gasteiger partial charge in [-0.3, -0.25) is 5.32 Å². The molecule has 0 spiro atoms. The van der Waals surface area contributed by atoms with Crippen molar-refractivity contribution in [3.8, 4) is 28.9 Å². The summed E-state index contributed by atoms with van der Waals surface area (Å²) >= 11 is 0. The van der Waals surface area contributed by atoms with E-state index in [0.29, 0.717) is 41.3 Å². The average Bonchev–Trinajstić information content (AvgIpc) is 3.46. The van der Waals surface area contributed by atoms with Crippen LogP contribution in [0, 0.1) is 20.8 Å². The number of methoxy groups -OCH3 is 1. The van der Waals surface area contributed by atoms with Gasteiger partial charge in [0.25, 0.3) is 0 Å². The zero-order chi connectivity index (χ0) is 27.2. The highest BCUT2D eigenvalue weighted by molar-refractivity contribution is 5.88. The first-order valence-electron chi connectivity index (χ1n) is 12.2. The first-order chi connectivity index (χ1) is 18.2. The summed E-state index contributed by atoms with van der Waals surface area (Å²) in [5, 5.41) is 10.1. The molecule has 11 nitrogen and oxygen atoms in total. The monoisotopic (exact) mass is 519 g/mol. The summed E-state index contributed by atoms with van der Waals surface area (Å²) in [5.74, 6) is 3.69. The number of anilines is 1. The molecule has 38 heavy (non-hydrogen) atoms. The van der Waals surface area contributed by atoms with Crippen LogP contribution in [0.2, 0.25) is 0 Å². The Morgan fingerprint density at radius 3 is 2.58 bits per heavy atom. The Morgan fingerprint density at radius 1 is 1.11 bits per heavy atom. The molecule has 0 aliphatic carbocycles. The van der Waals surface area contributed by atoms with Crippen molar-refractivity contribution in [2.75, 3.05) is 39.7 Å². The number of nitrogens with one attached hydrogen (secondary N) is 2. The van der Waals surface area contributed by atoms with Crippen LogP contribution in [0.15, 0.2) is 46.9 Å². The number of carbonyl (C=O) groups is 1. The minimum atomic E-state index is -0.429. The second kappa shape index (κ2) is 11.8. The number of furan rings is 1. The Labute approximate surface area is 221 Å². The van der Waals surface area contributed by atoms with Gasteiger partial charge < -0.3 is 24.1 Å². The number of carbonyl (C=O) groups excluding carboxylic acids is 1. The summed E-state index contributed by atoms with van der Waals surface area (Å²) in [6.07, 6.45) is 0. The molecule has 4 rings (SSSR count). The summed E-state index contributed by atoms with van der Waals surface area (Å²) in [4.78, 5) is 23.9. The highest BCUT2D eigenvalue weighted by atomic mass is 16.5. The van der Waals surface area contributed by atoms with E-state index in [2.05, 4.69) is 25.7 Å². The third-order valence-corrected chi connectivity index (χ3v) is 5.54. The first-order valence-corrected chi connectivity index (χ1v) is 12.2. The first kappa shape index (κ1) is 26.7. The van der Waals surface area contributed by atoms with E-state index in [1.807, 2.05) is 70.1 Å². The molecule has 0 unspecified atom stereocenters. The van der Waals surface area contributed by atoms with Gasteiger partial charge in [-0.1, -0.05) is 12.1 Å². The Bertz CT molecular complexity index is 1410. The molecule has 2 amide bonds. The van der Waals surface area contributed by atoms with E-state index in [4.69, 9.17) is 13.9 Å². The fraction of sp³-hybridized carbons (Fsp3) is 0.333. The van der Waals surface area contributed by atoms with Gasteiger partial charge in [-0.2, -0.15) is 5.10 Å². The summed E-state index contributed by atoms with van der Waals surface area (Å²) in [5.41, 5.74) is 2.75. The zero-order valence-corrected chi connectivity index (χ0v) is 22.5. The normalized spacial score (nSPS) is 11.0. The predicted molar refractivity (Wildman–Crippen MR) is 144 cm³/mol. The molecule has 0 aliphatic rings. The molecular weight excluding hydrogens is 486 g/mol. The van der Waals surface area contributed by atoms with E-state index in [-0.39, 0.29) is 13.2 Å². The zero-order valence-electron chi connectivity index (χ0n) is 22.5. The lowest BCUT2D eigenvalue weighted by molar-refractivity contribution is 0.245. The molecule has 0 aliphatic heterocycles. The van der Waals surface area contributed by atoms with Crippen molar-refractivity contribution in [1.29, 1.82) is 0 Å². The van der Waals surface area contributed by atoms with Crippen molar-refractivity contribution in [2.24, 2.45) is 0 Å². The van der Waals surface area contributed by atoms with Crippen LogP contribution >= 0.6 is 0 Å². The van der Waals surface area contributed by atoms with E-state index in [1.54, 1.807) is 23.9 Å². The maximum atomic E-state index is 12.7. The number of ether oxygens (including phenoxy) is 2. The molecule has 200 valence electrons. The number of hydrogen-bond donors (Lipinski definition) is 2. The van der Waals surface area contributed by atoms with E-state index in [1.165, 1.54) is 0 Å². The maximum Gasteiger partial charge on any atom is 0.320 e. The minimum absolute atomic E-state index is 0.256. The SMILES string of the molecule is COc1cccc(CN(C)C)c1OCCNC(=O)Nc1cc(-n2nc(C)cc2C)nc(-c2ccc(C)o2)n1. The maximum absolute atomic E-state index is 12.7. The third kappa shape index (κ3) is 6.48. The third-order valence-electron chi connectivity index (χ3n) is 5.54. The number of hydrogen-bond acceptors (Lipinski definition) is 8. The van der Waals surface area contributed by atoms with E-state index in [9.17, 15) is 4.79 Å². The van der Waals surface area contributed by atoms with E-state index in [0.717, 1.165) is 22.7 Å². The molecule has 0 saturated heterocycles. The van der Waals surface area contributed by atoms with Gasteiger partial charge in [0, 0.05) is 23.9 Å². The summed E-state index contributed by atoms with van der Waals surface area (Å²) in [6, 6.07) is 12.6. The Balaban J connectivity index is 1.45. The number of aromatic nitrogens is 4. The molecule has 3 aromatic heterocycles. The van der Waals surface area contributed by atoms with Crippen LogP contribution < -0.4 is 20.1 Å². The van der Waals surface area contributed by atoms with Crippen molar-refractivity contribution in [3.63, 3.8) is 0 Å². The number of para-hydroxylation sites is 1. The summed E-state index contributed by atoms with van der Waals surface area (Å²) in [7, 11) is 5.58. The van der Waals surface area contributed by atoms with Crippen molar-refractivity contribution in [3.05, 3.63) is 65.2 Å². The number of benzene rings is 1. The highest BCUT2D eigenvalue weighted by Crippen LogP contribution is 2.31. The molecule has 4 aromatic rings. The van der Waals surface area contributed by atoms with Crippen molar-refractivity contribution in [2.45, 2.75) is 27.3 Å². The quantitative estimate of drug-likeness (QED) is 0.300. The van der Waals surface area contributed by atoms with Crippen molar-refractivity contribution < 1.29 is 18.7 Å². The van der Waals surface area contributed by atoms with Gasteiger partial charge in [-0.05, 0) is 59.1 Å². The number of aryl methyl sites for hydroxylation is 3. The van der Waals surface area contributed by atoms with Crippen LogP contribution in [0.1, 0.15) is 22.7 Å². The van der Waals surface area contributed by atoms with E-state index >= 15 is 0 Å². The van der Waals surface area contributed by atoms with Crippen molar-refractivity contribution >= 4 is 11.8 Å². The molecule has 11 heteroatoms.